The van der Waals surface area contributed by atoms with Crippen LogP contribution >= 0.6 is 23.4 Å². The number of hydrogen-bond donors (Lipinski definition) is 1. The van der Waals surface area contributed by atoms with Gasteiger partial charge in [0.2, 0.25) is 0 Å². The molecule has 82 valence electrons. The molecule has 0 aliphatic heterocycles. The van der Waals surface area contributed by atoms with Gasteiger partial charge in [0.05, 0.1) is 11.9 Å². The maximum atomic E-state index is 5.82. The first-order chi connectivity index (χ1) is 7.65. The van der Waals surface area contributed by atoms with Gasteiger partial charge >= 0.3 is 0 Å². The molecule has 2 rings (SSSR count). The van der Waals surface area contributed by atoms with Crippen LogP contribution in [0.15, 0.2) is 46.5 Å². The second-order valence-corrected chi connectivity index (χ2v) is 4.97. The maximum Gasteiger partial charge on any atom is 0.101 e. The predicted molar refractivity (Wildman–Crippen MR) is 69.0 cm³/mol. The fourth-order valence-corrected chi connectivity index (χ4v) is 2.20. The van der Waals surface area contributed by atoms with E-state index in [1.165, 1.54) is 0 Å². The fourth-order valence-electron chi connectivity index (χ4n) is 1.22. The van der Waals surface area contributed by atoms with Crippen LogP contribution in [-0.4, -0.2) is 4.98 Å². The smallest absolute Gasteiger partial charge is 0.101 e. The standard InChI is InChI=1S/C12H11ClN2S/c1-8-6-12(15-7-11(8)14)16-10-4-2-9(13)3-5-10/h2-7H,14H2,1H3. The lowest BCUT2D eigenvalue weighted by Crippen LogP contribution is -1.91. The molecule has 0 unspecified atom stereocenters. The Balaban J connectivity index is 2.20. The molecule has 0 amide bonds. The first-order valence-electron chi connectivity index (χ1n) is 4.81. The van der Waals surface area contributed by atoms with Crippen molar-refractivity contribution in [3.8, 4) is 0 Å². The van der Waals surface area contributed by atoms with Crippen molar-refractivity contribution in [2.45, 2.75) is 16.8 Å². The van der Waals surface area contributed by atoms with Gasteiger partial charge in [0.25, 0.3) is 0 Å². The second-order valence-electron chi connectivity index (χ2n) is 3.44. The van der Waals surface area contributed by atoms with Gasteiger partial charge in [0.1, 0.15) is 5.03 Å². The number of rotatable bonds is 2. The van der Waals surface area contributed by atoms with Crippen LogP contribution in [0.1, 0.15) is 5.56 Å². The zero-order chi connectivity index (χ0) is 11.5. The summed E-state index contributed by atoms with van der Waals surface area (Å²) in [6, 6.07) is 9.66. The molecule has 4 heteroatoms. The molecule has 0 saturated carbocycles. The molecule has 1 heterocycles. The molecule has 2 N–H and O–H groups in total. The first-order valence-corrected chi connectivity index (χ1v) is 6.00. The summed E-state index contributed by atoms with van der Waals surface area (Å²) in [6.45, 7) is 1.98. The summed E-state index contributed by atoms with van der Waals surface area (Å²) in [7, 11) is 0. The van der Waals surface area contributed by atoms with E-state index < -0.39 is 0 Å². The number of nitrogens with zero attached hydrogens (tertiary/aromatic N) is 1. The van der Waals surface area contributed by atoms with Gasteiger partial charge in [0, 0.05) is 9.92 Å². The van der Waals surface area contributed by atoms with Gasteiger partial charge in [0.15, 0.2) is 0 Å². The molecule has 0 atom stereocenters. The van der Waals surface area contributed by atoms with Crippen molar-refractivity contribution in [3.63, 3.8) is 0 Å². The lowest BCUT2D eigenvalue weighted by atomic mass is 10.3. The van der Waals surface area contributed by atoms with Gasteiger partial charge in [-0.3, -0.25) is 0 Å². The van der Waals surface area contributed by atoms with Crippen LogP contribution in [0, 0.1) is 6.92 Å². The maximum absolute atomic E-state index is 5.82. The number of hydrogen-bond acceptors (Lipinski definition) is 3. The van der Waals surface area contributed by atoms with Crippen LogP contribution in [-0.2, 0) is 0 Å². The number of benzene rings is 1. The molecule has 0 saturated heterocycles. The van der Waals surface area contributed by atoms with E-state index in [2.05, 4.69) is 4.98 Å². The van der Waals surface area contributed by atoms with Crippen molar-refractivity contribution in [2.24, 2.45) is 0 Å². The highest BCUT2D eigenvalue weighted by atomic mass is 35.5. The van der Waals surface area contributed by atoms with Crippen molar-refractivity contribution < 1.29 is 0 Å². The average molecular weight is 251 g/mol. The van der Waals surface area contributed by atoms with Gasteiger partial charge in [-0.25, -0.2) is 4.98 Å². The largest absolute Gasteiger partial charge is 0.397 e. The van der Waals surface area contributed by atoms with Gasteiger partial charge in [-0.2, -0.15) is 0 Å². The first kappa shape index (κ1) is 11.3. The van der Waals surface area contributed by atoms with Gasteiger partial charge in [-0.1, -0.05) is 23.4 Å². The SMILES string of the molecule is Cc1cc(Sc2ccc(Cl)cc2)ncc1N. The van der Waals surface area contributed by atoms with E-state index >= 15 is 0 Å². The minimum atomic E-state index is 0.723. The highest BCUT2D eigenvalue weighted by molar-refractivity contribution is 7.99. The number of anilines is 1. The summed E-state index contributed by atoms with van der Waals surface area (Å²) < 4.78 is 0. The van der Waals surface area contributed by atoms with E-state index in [4.69, 9.17) is 17.3 Å². The molecule has 0 aliphatic rings. The molecular weight excluding hydrogens is 240 g/mol. The van der Waals surface area contributed by atoms with Crippen molar-refractivity contribution in [2.75, 3.05) is 5.73 Å². The third kappa shape index (κ3) is 2.68. The molecule has 2 nitrogen and oxygen atoms in total. The van der Waals surface area contributed by atoms with Crippen molar-refractivity contribution in [3.05, 3.63) is 47.1 Å². The van der Waals surface area contributed by atoms with Crippen molar-refractivity contribution in [1.82, 2.24) is 4.98 Å². The predicted octanol–water partition coefficient (Wildman–Crippen LogP) is 3.78. The highest BCUT2D eigenvalue weighted by Crippen LogP contribution is 2.28. The van der Waals surface area contributed by atoms with Gasteiger partial charge in [-0.15, -0.1) is 0 Å². The van der Waals surface area contributed by atoms with Crippen LogP contribution in [0.5, 0.6) is 0 Å². The quantitative estimate of drug-likeness (QED) is 0.882. The Morgan fingerprint density at radius 1 is 1.25 bits per heavy atom. The zero-order valence-electron chi connectivity index (χ0n) is 8.77. The summed E-state index contributed by atoms with van der Waals surface area (Å²) in [5.41, 5.74) is 7.48. The van der Waals surface area contributed by atoms with Crippen LogP contribution in [0.3, 0.4) is 0 Å². The third-order valence-corrected chi connectivity index (χ3v) is 3.35. The van der Waals surface area contributed by atoms with E-state index in [1.54, 1.807) is 18.0 Å². The Bertz CT molecular complexity index is 497. The van der Waals surface area contributed by atoms with E-state index in [1.807, 2.05) is 37.3 Å². The van der Waals surface area contributed by atoms with Crippen LogP contribution < -0.4 is 5.73 Å². The summed E-state index contributed by atoms with van der Waals surface area (Å²) >= 11 is 7.41. The Hall–Kier alpha value is -1.19. The lowest BCUT2D eigenvalue weighted by Gasteiger charge is -2.03. The topological polar surface area (TPSA) is 38.9 Å². The molecule has 2 aromatic rings. The molecule has 16 heavy (non-hydrogen) atoms. The zero-order valence-corrected chi connectivity index (χ0v) is 10.3. The Kier molecular flexibility index (Phi) is 3.36. The Labute approximate surface area is 104 Å². The molecule has 0 fully saturated rings. The van der Waals surface area contributed by atoms with E-state index in [0.717, 1.165) is 26.2 Å². The minimum Gasteiger partial charge on any atom is -0.397 e. The molecule has 0 bridgehead atoms. The second kappa shape index (κ2) is 4.76. The molecule has 0 spiro atoms. The Morgan fingerprint density at radius 3 is 2.56 bits per heavy atom. The van der Waals surface area contributed by atoms with E-state index in [9.17, 15) is 0 Å². The number of aryl methyl sites for hydroxylation is 1. The third-order valence-electron chi connectivity index (χ3n) is 2.16. The van der Waals surface area contributed by atoms with E-state index in [-0.39, 0.29) is 0 Å². The number of aromatic nitrogens is 1. The monoisotopic (exact) mass is 250 g/mol. The molecular formula is C12H11ClN2S. The van der Waals surface area contributed by atoms with Crippen molar-refractivity contribution >= 4 is 29.1 Å². The van der Waals surface area contributed by atoms with Crippen LogP contribution in [0.4, 0.5) is 5.69 Å². The number of halogens is 1. The minimum absolute atomic E-state index is 0.723. The Morgan fingerprint density at radius 2 is 1.94 bits per heavy atom. The van der Waals surface area contributed by atoms with E-state index in [0.29, 0.717) is 0 Å². The highest BCUT2D eigenvalue weighted by Gasteiger charge is 2.01. The lowest BCUT2D eigenvalue weighted by molar-refractivity contribution is 1.11. The summed E-state index contributed by atoms with van der Waals surface area (Å²) in [4.78, 5) is 5.37. The van der Waals surface area contributed by atoms with Gasteiger partial charge < -0.3 is 5.73 Å². The molecule has 1 aromatic heterocycles. The number of nitrogen functional groups attached to an aromatic ring is 1. The summed E-state index contributed by atoms with van der Waals surface area (Å²) in [5, 5.41) is 1.68. The number of nitrogens with two attached hydrogens (primary N) is 1. The molecule has 1 aromatic carbocycles. The molecule has 0 radical (unpaired) electrons. The summed E-state index contributed by atoms with van der Waals surface area (Å²) in [6.07, 6.45) is 1.69. The fraction of sp³-hybridized carbons (Fsp3) is 0.0833. The number of pyridine rings is 1. The van der Waals surface area contributed by atoms with Crippen LogP contribution in [0.25, 0.3) is 0 Å². The summed E-state index contributed by atoms with van der Waals surface area (Å²) in [5.74, 6) is 0. The van der Waals surface area contributed by atoms with Crippen molar-refractivity contribution in [1.29, 1.82) is 0 Å². The normalized spacial score (nSPS) is 10.4. The molecule has 0 aliphatic carbocycles. The van der Waals surface area contributed by atoms with Crippen LogP contribution in [0.2, 0.25) is 5.02 Å². The van der Waals surface area contributed by atoms with Gasteiger partial charge in [-0.05, 0) is 42.8 Å². The average Bonchev–Trinajstić information content (AvgIpc) is 2.27.